The molecule has 0 saturated carbocycles. The van der Waals surface area contributed by atoms with Crippen LogP contribution in [-0.4, -0.2) is 70.0 Å². The van der Waals surface area contributed by atoms with Crippen molar-refractivity contribution in [3.63, 3.8) is 0 Å². The second kappa shape index (κ2) is 79.4. The van der Waals surface area contributed by atoms with E-state index in [1.807, 2.05) is 21.1 Å². The number of allylic oxidation sites excluding steroid dienone is 36. The molecule has 0 saturated heterocycles. The molecule has 2 unspecified atom stereocenters. The average Bonchev–Trinajstić information content (AvgIpc) is 0.935. The highest BCUT2D eigenvalue weighted by atomic mass is 31.2. The summed E-state index contributed by atoms with van der Waals surface area (Å²) in [4.78, 5) is 38.2. The van der Waals surface area contributed by atoms with Gasteiger partial charge in [0.05, 0.1) is 27.7 Å². The van der Waals surface area contributed by atoms with Crippen molar-refractivity contribution in [2.75, 3.05) is 47.5 Å². The maximum atomic E-state index is 12.9. The molecule has 0 aromatic rings. The van der Waals surface area contributed by atoms with Crippen LogP contribution in [-0.2, 0) is 32.7 Å². The molecule has 0 spiro atoms. The Morgan fingerprint density at radius 2 is 0.529 bits per heavy atom. The maximum absolute atomic E-state index is 12.9. The molecule has 10 heteroatoms. The number of ether oxygens (including phenoxy) is 2. The number of hydrogen-bond acceptors (Lipinski definition) is 8. The minimum absolute atomic E-state index is 0.0417. The first kappa shape index (κ1) is 96.3. The predicted molar refractivity (Wildman–Crippen MR) is 442 cm³/mol. The molecule has 0 aliphatic heterocycles. The molecule has 0 fully saturated rings. The van der Waals surface area contributed by atoms with E-state index in [0.717, 1.165) is 173 Å². The summed E-state index contributed by atoms with van der Waals surface area (Å²) >= 11 is 0. The lowest BCUT2D eigenvalue weighted by Crippen LogP contribution is -2.37. The van der Waals surface area contributed by atoms with Gasteiger partial charge in [0.1, 0.15) is 19.8 Å². The lowest BCUT2D eigenvalue weighted by Gasteiger charge is -2.28. The lowest BCUT2D eigenvalue weighted by molar-refractivity contribution is -0.870. The molecule has 0 heterocycles. The van der Waals surface area contributed by atoms with Gasteiger partial charge in [-0.2, -0.15) is 0 Å². The summed E-state index contributed by atoms with van der Waals surface area (Å²) in [6.07, 6.45) is 126. The molecule has 9 nitrogen and oxygen atoms in total. The molecule has 0 radical (unpaired) electrons. The number of unbranched alkanes of at least 4 members (excludes halogenated alkanes) is 22. The Hall–Kier alpha value is -5.67. The van der Waals surface area contributed by atoms with Gasteiger partial charge in [-0.25, -0.2) is 0 Å². The Morgan fingerprint density at radius 3 is 0.784 bits per heavy atom. The summed E-state index contributed by atoms with van der Waals surface area (Å²) in [5.41, 5.74) is 0. The van der Waals surface area contributed by atoms with Crippen molar-refractivity contribution < 1.29 is 42.1 Å². The monoisotopic (exact) mass is 1430 g/mol. The van der Waals surface area contributed by atoms with Gasteiger partial charge in [0.15, 0.2) is 6.10 Å². The molecule has 0 N–H and O–H groups in total. The number of phosphoric ester groups is 1. The molecular formula is C92H148NO8P. The number of nitrogens with zero attached hydrogens (tertiary/aromatic N) is 1. The Morgan fingerprint density at radius 1 is 0.304 bits per heavy atom. The van der Waals surface area contributed by atoms with Gasteiger partial charge in [-0.1, -0.05) is 348 Å². The van der Waals surface area contributed by atoms with Crippen LogP contribution in [0.4, 0.5) is 0 Å². The van der Waals surface area contributed by atoms with Crippen LogP contribution in [0.3, 0.4) is 0 Å². The zero-order chi connectivity index (χ0) is 74.0. The summed E-state index contributed by atoms with van der Waals surface area (Å²) in [5.74, 6) is -0.849. The summed E-state index contributed by atoms with van der Waals surface area (Å²) in [6, 6.07) is 0. The normalized spacial score (nSPS) is 14.2. The molecule has 0 aliphatic rings. The highest BCUT2D eigenvalue weighted by Gasteiger charge is 2.22. The van der Waals surface area contributed by atoms with E-state index in [0.29, 0.717) is 17.4 Å². The minimum Gasteiger partial charge on any atom is -0.756 e. The van der Waals surface area contributed by atoms with Crippen LogP contribution in [0.25, 0.3) is 0 Å². The van der Waals surface area contributed by atoms with Crippen molar-refractivity contribution in [1.29, 1.82) is 0 Å². The van der Waals surface area contributed by atoms with Gasteiger partial charge in [-0.3, -0.25) is 14.2 Å². The van der Waals surface area contributed by atoms with Crippen molar-refractivity contribution in [3.05, 3.63) is 219 Å². The highest BCUT2D eigenvalue weighted by molar-refractivity contribution is 7.45. The number of quaternary nitrogens is 1. The summed E-state index contributed by atoms with van der Waals surface area (Å²) < 4.78 is 34.4. The van der Waals surface area contributed by atoms with E-state index in [1.165, 1.54) is 89.9 Å². The van der Waals surface area contributed by atoms with Gasteiger partial charge < -0.3 is 27.9 Å². The van der Waals surface area contributed by atoms with Crippen LogP contribution in [0.5, 0.6) is 0 Å². The minimum atomic E-state index is -4.66. The Balaban J connectivity index is 4.08. The van der Waals surface area contributed by atoms with E-state index in [1.54, 1.807) is 0 Å². The molecule has 0 amide bonds. The van der Waals surface area contributed by atoms with E-state index in [4.69, 9.17) is 18.5 Å². The van der Waals surface area contributed by atoms with Crippen molar-refractivity contribution in [2.24, 2.45) is 0 Å². The van der Waals surface area contributed by atoms with Crippen LogP contribution in [0.15, 0.2) is 219 Å². The Kier molecular flexibility index (Phi) is 75.0. The third-order valence-corrected chi connectivity index (χ3v) is 17.5. The third-order valence-electron chi connectivity index (χ3n) is 16.5. The van der Waals surface area contributed by atoms with Gasteiger partial charge >= 0.3 is 11.9 Å². The number of hydrogen-bond donors (Lipinski definition) is 0. The van der Waals surface area contributed by atoms with Crippen LogP contribution < -0.4 is 4.89 Å². The van der Waals surface area contributed by atoms with E-state index >= 15 is 0 Å². The number of carbonyl (C=O) groups is 2. The average molecular weight is 1430 g/mol. The molecular weight excluding hydrogens is 1280 g/mol. The summed E-state index contributed by atoms with van der Waals surface area (Å²) in [6.45, 7) is 4.00. The molecule has 0 aromatic carbocycles. The second-order valence-electron chi connectivity index (χ2n) is 27.3. The molecule has 0 aromatic heterocycles. The molecule has 0 aliphatic carbocycles. The summed E-state index contributed by atoms with van der Waals surface area (Å²) in [5, 5.41) is 0. The van der Waals surface area contributed by atoms with Crippen molar-refractivity contribution in [2.45, 2.75) is 302 Å². The van der Waals surface area contributed by atoms with Gasteiger partial charge in [0, 0.05) is 12.8 Å². The molecule has 102 heavy (non-hydrogen) atoms. The third kappa shape index (κ3) is 83.3. The summed E-state index contributed by atoms with van der Waals surface area (Å²) in [7, 11) is 1.14. The number of likely N-dealkylation sites (N-methyl/N-ethyl adjacent to an activating group) is 1. The van der Waals surface area contributed by atoms with Crippen LogP contribution in [0, 0.1) is 0 Å². The first-order valence-electron chi connectivity index (χ1n) is 40.4. The number of rotatable bonds is 72. The number of phosphoric acid groups is 1. The van der Waals surface area contributed by atoms with Crippen LogP contribution in [0.2, 0.25) is 0 Å². The standard InChI is InChI=1S/C92H148NO8P/c1-6-8-10-12-14-16-18-20-22-24-26-28-30-32-34-36-38-40-42-44-46-48-50-52-54-56-58-60-62-64-66-68-70-72-74-76-78-80-82-84-91(94)98-88-90(89-100-102(96,97)99-87-86-93(3,4)5)101-92(95)85-83-81-79-77-75-73-71-69-67-65-63-61-59-57-55-53-51-49-47-45-43-41-39-37-35-33-31-29-27-25-23-21-19-17-15-13-11-9-7-2/h8-11,14-17,20-23,26-29,32-35,38-41,44-47,50-53,56-59,90H,6-7,12-13,18-19,24-25,30-31,36-37,42-43,48-49,54-55,60-89H2,1-5H3/b10-8-,11-9-,16-14-,17-15-,22-20-,23-21-,28-26-,29-27-,34-32-,35-33-,40-38-,41-39-,46-44-,47-45-,52-50-,53-51-,58-56-,59-57-. The number of esters is 2. The van der Waals surface area contributed by atoms with Gasteiger partial charge in [0.2, 0.25) is 0 Å². The fourth-order valence-corrected chi connectivity index (χ4v) is 11.1. The quantitative estimate of drug-likeness (QED) is 0.0195. The van der Waals surface area contributed by atoms with Gasteiger partial charge in [-0.15, -0.1) is 0 Å². The zero-order valence-electron chi connectivity index (χ0n) is 65.5. The molecule has 0 rings (SSSR count). The topological polar surface area (TPSA) is 111 Å². The fourth-order valence-electron chi connectivity index (χ4n) is 10.4. The van der Waals surface area contributed by atoms with E-state index in [2.05, 4.69) is 233 Å². The second-order valence-corrected chi connectivity index (χ2v) is 28.7. The highest BCUT2D eigenvalue weighted by Crippen LogP contribution is 2.38. The largest absolute Gasteiger partial charge is 0.756 e. The van der Waals surface area contributed by atoms with E-state index < -0.39 is 32.5 Å². The van der Waals surface area contributed by atoms with Crippen molar-refractivity contribution in [3.8, 4) is 0 Å². The molecule has 2 atom stereocenters. The lowest BCUT2D eigenvalue weighted by atomic mass is 10.0. The van der Waals surface area contributed by atoms with Gasteiger partial charge in [0.25, 0.3) is 7.82 Å². The smallest absolute Gasteiger partial charge is 0.306 e. The Labute approximate surface area is 627 Å². The van der Waals surface area contributed by atoms with Crippen molar-refractivity contribution in [1.82, 2.24) is 0 Å². The first-order chi connectivity index (χ1) is 50.0. The van der Waals surface area contributed by atoms with Crippen LogP contribution >= 0.6 is 7.82 Å². The molecule has 574 valence electrons. The van der Waals surface area contributed by atoms with E-state index in [-0.39, 0.29) is 26.1 Å². The van der Waals surface area contributed by atoms with Gasteiger partial charge in [-0.05, 0) is 154 Å². The zero-order valence-corrected chi connectivity index (χ0v) is 66.4. The molecule has 0 bridgehead atoms. The maximum Gasteiger partial charge on any atom is 0.306 e. The Bertz CT molecular complexity index is 2530. The van der Waals surface area contributed by atoms with Crippen molar-refractivity contribution >= 4 is 19.8 Å². The van der Waals surface area contributed by atoms with Crippen LogP contribution in [0.1, 0.15) is 296 Å². The first-order valence-corrected chi connectivity index (χ1v) is 41.9. The fraction of sp³-hybridized carbons (Fsp3) is 0.587. The van der Waals surface area contributed by atoms with E-state index in [9.17, 15) is 19.0 Å². The number of carbonyl (C=O) groups excluding carboxylic acids is 2. The SMILES string of the molecule is CC/C=C\C/C=C\C/C=C\C/C=C\C/C=C\C/C=C\C/C=C\C/C=C\C/C=C\CCCCCCCCCCCCCC(=O)OCC(COP(=O)([O-])OCC[N+](C)(C)C)OC(=O)CCCCCCCCCCCCC/C=C\C/C=C\C/C=C\C/C=C\C/C=C\C/C=C\C/C=C\C/C=C\C/C=C\CC. The predicted octanol–water partition coefficient (Wildman–Crippen LogP) is 26.9.